The Kier molecular flexibility index (Phi) is 7.46. The van der Waals surface area contributed by atoms with E-state index in [0.29, 0.717) is 25.1 Å². The Morgan fingerprint density at radius 1 is 1.12 bits per heavy atom. The van der Waals surface area contributed by atoms with Crippen molar-refractivity contribution < 1.29 is 14.2 Å². The summed E-state index contributed by atoms with van der Waals surface area (Å²) in [6.07, 6.45) is 1.28. The molecule has 0 aliphatic heterocycles. The molecule has 2 aromatic carbocycles. The van der Waals surface area contributed by atoms with Crippen molar-refractivity contribution in [3.05, 3.63) is 84.4 Å². The minimum Gasteiger partial charge on any atom is -0.500 e. The van der Waals surface area contributed by atoms with Crippen molar-refractivity contribution in [1.29, 1.82) is 0 Å². The number of halogens is 1. The highest BCUT2D eigenvalue weighted by atomic mass is 19.1. The maximum Gasteiger partial charge on any atom is 0.123 e. The van der Waals surface area contributed by atoms with Gasteiger partial charge in [0.05, 0.1) is 19.0 Å². The molecule has 0 spiro atoms. The van der Waals surface area contributed by atoms with Crippen LogP contribution < -0.4 is 0 Å². The molecular weight excluding hydrogens is 305 g/mol. The van der Waals surface area contributed by atoms with Gasteiger partial charge in [0, 0.05) is 19.6 Å². The molecule has 0 aromatic heterocycles. The van der Waals surface area contributed by atoms with Crippen LogP contribution in [-0.4, -0.2) is 29.7 Å². The van der Waals surface area contributed by atoms with Gasteiger partial charge < -0.3 is 9.84 Å². The lowest BCUT2D eigenvalue weighted by atomic mass is 10.1. The van der Waals surface area contributed by atoms with Crippen LogP contribution >= 0.6 is 0 Å². The molecule has 0 amide bonds. The summed E-state index contributed by atoms with van der Waals surface area (Å²) in [5, 5.41) is 10.3. The predicted octanol–water partition coefficient (Wildman–Crippen LogP) is 3.91. The van der Waals surface area contributed by atoms with E-state index >= 15 is 0 Å². The van der Waals surface area contributed by atoms with Crippen LogP contribution in [-0.2, 0) is 11.3 Å². The number of ether oxygens (including phenoxy) is 1. The molecule has 0 radical (unpaired) electrons. The number of rotatable bonds is 10. The quantitative estimate of drug-likeness (QED) is 0.530. The summed E-state index contributed by atoms with van der Waals surface area (Å²) < 4.78 is 18.5. The van der Waals surface area contributed by atoms with Crippen molar-refractivity contribution in [2.75, 3.05) is 19.7 Å². The van der Waals surface area contributed by atoms with Crippen LogP contribution in [0.1, 0.15) is 23.7 Å². The van der Waals surface area contributed by atoms with Crippen LogP contribution in [0.4, 0.5) is 4.39 Å². The Hall–Kier alpha value is -2.17. The molecule has 0 aliphatic carbocycles. The first-order valence-electron chi connectivity index (χ1n) is 8.11. The van der Waals surface area contributed by atoms with Crippen molar-refractivity contribution in [3.8, 4) is 0 Å². The summed E-state index contributed by atoms with van der Waals surface area (Å²) >= 11 is 0. The van der Waals surface area contributed by atoms with E-state index < -0.39 is 6.10 Å². The van der Waals surface area contributed by atoms with Gasteiger partial charge in [-0.1, -0.05) is 49.0 Å². The summed E-state index contributed by atoms with van der Waals surface area (Å²) in [6.45, 7) is 6.29. The lowest BCUT2D eigenvalue weighted by molar-refractivity contribution is 0.124. The van der Waals surface area contributed by atoms with Gasteiger partial charge >= 0.3 is 0 Å². The SMILES string of the molecule is C=COCCN(CC[C@H](O)c1cccc(F)c1)Cc1ccccc1. The Labute approximate surface area is 143 Å². The van der Waals surface area contributed by atoms with Gasteiger partial charge in [-0.3, -0.25) is 4.90 Å². The van der Waals surface area contributed by atoms with Gasteiger partial charge in [0.25, 0.3) is 0 Å². The van der Waals surface area contributed by atoms with Gasteiger partial charge in [0.15, 0.2) is 0 Å². The largest absolute Gasteiger partial charge is 0.500 e. The van der Waals surface area contributed by atoms with E-state index in [1.165, 1.54) is 24.0 Å². The molecule has 0 unspecified atom stereocenters. The van der Waals surface area contributed by atoms with Crippen molar-refractivity contribution in [2.45, 2.75) is 19.1 Å². The van der Waals surface area contributed by atoms with Crippen LogP contribution in [0, 0.1) is 5.82 Å². The van der Waals surface area contributed by atoms with Crippen LogP contribution in [0.15, 0.2) is 67.4 Å². The zero-order chi connectivity index (χ0) is 17.2. The zero-order valence-electron chi connectivity index (χ0n) is 13.8. The van der Waals surface area contributed by atoms with Gasteiger partial charge in [-0.15, -0.1) is 0 Å². The third-order valence-electron chi connectivity index (χ3n) is 3.84. The van der Waals surface area contributed by atoms with Crippen LogP contribution in [0.25, 0.3) is 0 Å². The Morgan fingerprint density at radius 2 is 1.92 bits per heavy atom. The van der Waals surface area contributed by atoms with E-state index in [4.69, 9.17) is 4.74 Å². The third kappa shape index (κ3) is 6.14. The molecule has 2 aromatic rings. The molecule has 0 fully saturated rings. The topological polar surface area (TPSA) is 32.7 Å². The molecule has 0 bridgehead atoms. The van der Waals surface area contributed by atoms with Crippen molar-refractivity contribution in [1.82, 2.24) is 4.90 Å². The van der Waals surface area contributed by atoms with Crippen molar-refractivity contribution in [3.63, 3.8) is 0 Å². The number of aliphatic hydroxyl groups is 1. The van der Waals surface area contributed by atoms with Gasteiger partial charge in [0.1, 0.15) is 5.82 Å². The third-order valence-corrected chi connectivity index (χ3v) is 3.84. The summed E-state index contributed by atoms with van der Waals surface area (Å²) in [4.78, 5) is 2.21. The Morgan fingerprint density at radius 3 is 2.62 bits per heavy atom. The van der Waals surface area contributed by atoms with E-state index in [1.54, 1.807) is 12.1 Å². The van der Waals surface area contributed by atoms with Crippen molar-refractivity contribution in [2.24, 2.45) is 0 Å². The highest BCUT2D eigenvalue weighted by Crippen LogP contribution is 2.18. The summed E-state index contributed by atoms with van der Waals surface area (Å²) in [6, 6.07) is 16.3. The zero-order valence-corrected chi connectivity index (χ0v) is 13.8. The highest BCUT2D eigenvalue weighted by molar-refractivity contribution is 5.19. The van der Waals surface area contributed by atoms with Gasteiger partial charge in [-0.2, -0.15) is 0 Å². The molecule has 128 valence electrons. The fourth-order valence-corrected chi connectivity index (χ4v) is 2.56. The molecule has 3 nitrogen and oxygen atoms in total. The second kappa shape index (κ2) is 9.85. The van der Waals surface area contributed by atoms with Crippen LogP contribution in [0.3, 0.4) is 0 Å². The second-order valence-corrected chi connectivity index (χ2v) is 5.66. The van der Waals surface area contributed by atoms with Gasteiger partial charge in [0.2, 0.25) is 0 Å². The molecule has 4 heteroatoms. The smallest absolute Gasteiger partial charge is 0.123 e. The predicted molar refractivity (Wildman–Crippen MR) is 93.8 cm³/mol. The first-order chi connectivity index (χ1) is 11.7. The Bertz CT molecular complexity index is 618. The lowest BCUT2D eigenvalue weighted by Gasteiger charge is -2.23. The fraction of sp³-hybridized carbons (Fsp3) is 0.300. The molecule has 1 atom stereocenters. The fourth-order valence-electron chi connectivity index (χ4n) is 2.56. The number of benzene rings is 2. The lowest BCUT2D eigenvalue weighted by Crippen LogP contribution is -2.29. The molecule has 0 aliphatic rings. The van der Waals surface area contributed by atoms with E-state index in [-0.39, 0.29) is 5.82 Å². The maximum atomic E-state index is 13.3. The van der Waals surface area contributed by atoms with E-state index in [2.05, 4.69) is 23.6 Å². The number of aliphatic hydroxyl groups excluding tert-OH is 1. The molecule has 24 heavy (non-hydrogen) atoms. The molecule has 0 saturated carbocycles. The Balaban J connectivity index is 1.92. The number of hydrogen-bond acceptors (Lipinski definition) is 3. The minimum atomic E-state index is -0.681. The van der Waals surface area contributed by atoms with E-state index in [1.807, 2.05) is 18.2 Å². The van der Waals surface area contributed by atoms with E-state index in [9.17, 15) is 9.50 Å². The average molecular weight is 329 g/mol. The van der Waals surface area contributed by atoms with Crippen molar-refractivity contribution >= 4 is 0 Å². The maximum absolute atomic E-state index is 13.3. The number of nitrogens with zero attached hydrogens (tertiary/aromatic N) is 1. The average Bonchev–Trinajstić information content (AvgIpc) is 2.60. The molecular formula is C20H24FNO2. The first-order valence-corrected chi connectivity index (χ1v) is 8.11. The summed E-state index contributed by atoms with van der Waals surface area (Å²) in [5.74, 6) is -0.327. The van der Waals surface area contributed by atoms with Gasteiger partial charge in [-0.05, 0) is 29.7 Å². The van der Waals surface area contributed by atoms with Crippen LogP contribution in [0.2, 0.25) is 0 Å². The van der Waals surface area contributed by atoms with Gasteiger partial charge in [-0.25, -0.2) is 4.39 Å². The number of hydrogen-bond donors (Lipinski definition) is 1. The van der Waals surface area contributed by atoms with Crippen LogP contribution in [0.5, 0.6) is 0 Å². The summed E-state index contributed by atoms with van der Waals surface area (Å²) in [7, 11) is 0. The standard InChI is InChI=1S/C20H24FNO2/c1-2-24-14-13-22(16-17-7-4-3-5-8-17)12-11-20(23)18-9-6-10-19(21)15-18/h2-10,15,20,23H,1,11-14,16H2/t20-/m0/s1. The second-order valence-electron chi connectivity index (χ2n) is 5.66. The molecule has 0 saturated heterocycles. The minimum absolute atomic E-state index is 0.327. The summed E-state index contributed by atoms with van der Waals surface area (Å²) in [5.41, 5.74) is 1.81. The molecule has 2 rings (SSSR count). The van der Waals surface area contributed by atoms with E-state index in [0.717, 1.165) is 13.1 Å². The normalized spacial score (nSPS) is 12.1. The first kappa shape index (κ1) is 18.2. The molecule has 1 N–H and O–H groups in total. The highest BCUT2D eigenvalue weighted by Gasteiger charge is 2.12. The monoisotopic (exact) mass is 329 g/mol. The molecule has 0 heterocycles.